The Balaban J connectivity index is 1.71. The monoisotopic (exact) mass is 218 g/mol. The Labute approximate surface area is 96.1 Å². The van der Waals surface area contributed by atoms with E-state index < -0.39 is 0 Å². The van der Waals surface area contributed by atoms with Crippen LogP contribution in [0.2, 0.25) is 0 Å². The quantitative estimate of drug-likeness (QED) is 0.820. The molecule has 1 aliphatic carbocycles. The van der Waals surface area contributed by atoms with Crippen molar-refractivity contribution in [2.75, 3.05) is 24.5 Å². The standard InChI is InChI=1S/C12H18N4/c1-2-12(15-14-6-1)16(11-3-4-11)9-10-5-7-13-8-10/h1-2,6,10-11,13H,3-5,7-9H2. The molecular weight excluding hydrogens is 200 g/mol. The summed E-state index contributed by atoms with van der Waals surface area (Å²) in [5.74, 6) is 1.83. The second-order valence-corrected chi connectivity index (χ2v) is 4.82. The lowest BCUT2D eigenvalue weighted by molar-refractivity contribution is 0.552. The van der Waals surface area contributed by atoms with E-state index in [9.17, 15) is 0 Å². The first-order valence-electron chi connectivity index (χ1n) is 6.18. The molecule has 0 aromatic carbocycles. The molecule has 1 aromatic rings. The lowest BCUT2D eigenvalue weighted by atomic mass is 10.1. The molecular formula is C12H18N4. The van der Waals surface area contributed by atoms with Crippen LogP contribution in [0.15, 0.2) is 18.3 Å². The molecule has 86 valence electrons. The van der Waals surface area contributed by atoms with E-state index in [1.165, 1.54) is 25.8 Å². The highest BCUT2D eigenvalue weighted by atomic mass is 15.3. The van der Waals surface area contributed by atoms with Gasteiger partial charge in [0, 0.05) is 18.8 Å². The summed E-state index contributed by atoms with van der Waals surface area (Å²) < 4.78 is 0. The predicted molar refractivity (Wildman–Crippen MR) is 63.4 cm³/mol. The van der Waals surface area contributed by atoms with Crippen molar-refractivity contribution in [2.45, 2.75) is 25.3 Å². The van der Waals surface area contributed by atoms with Crippen molar-refractivity contribution in [3.8, 4) is 0 Å². The minimum Gasteiger partial charge on any atom is -0.352 e. The maximum absolute atomic E-state index is 4.24. The zero-order chi connectivity index (χ0) is 10.8. The molecule has 4 nitrogen and oxygen atoms in total. The Kier molecular flexibility index (Phi) is 2.74. The molecule has 2 fully saturated rings. The van der Waals surface area contributed by atoms with Gasteiger partial charge in [-0.2, -0.15) is 5.10 Å². The lowest BCUT2D eigenvalue weighted by Crippen LogP contribution is -2.33. The highest BCUT2D eigenvalue weighted by Crippen LogP contribution is 2.31. The molecule has 1 N–H and O–H groups in total. The summed E-state index contributed by atoms with van der Waals surface area (Å²) in [7, 11) is 0. The minimum atomic E-state index is 0.720. The van der Waals surface area contributed by atoms with Gasteiger partial charge in [-0.3, -0.25) is 0 Å². The van der Waals surface area contributed by atoms with Crippen LogP contribution in [-0.2, 0) is 0 Å². The van der Waals surface area contributed by atoms with Crippen LogP contribution in [0.25, 0.3) is 0 Å². The van der Waals surface area contributed by atoms with E-state index in [2.05, 4.69) is 26.5 Å². The van der Waals surface area contributed by atoms with Crippen LogP contribution in [0.3, 0.4) is 0 Å². The Bertz CT molecular complexity index is 330. The van der Waals surface area contributed by atoms with Gasteiger partial charge < -0.3 is 10.2 Å². The molecule has 1 saturated heterocycles. The van der Waals surface area contributed by atoms with Crippen LogP contribution in [0.5, 0.6) is 0 Å². The van der Waals surface area contributed by atoms with Gasteiger partial charge in [0.05, 0.1) is 0 Å². The third-order valence-corrected chi connectivity index (χ3v) is 3.46. The van der Waals surface area contributed by atoms with Crippen molar-refractivity contribution in [1.82, 2.24) is 15.5 Å². The summed E-state index contributed by atoms with van der Waals surface area (Å²) in [6.07, 6.45) is 5.67. The summed E-state index contributed by atoms with van der Waals surface area (Å²) >= 11 is 0. The van der Waals surface area contributed by atoms with E-state index in [1.807, 2.05) is 6.07 Å². The van der Waals surface area contributed by atoms with Gasteiger partial charge in [-0.25, -0.2) is 0 Å². The number of hydrogen-bond donors (Lipinski definition) is 1. The highest BCUT2D eigenvalue weighted by molar-refractivity contribution is 5.39. The Hall–Kier alpha value is -1.16. The Morgan fingerprint density at radius 2 is 2.31 bits per heavy atom. The molecule has 1 atom stereocenters. The molecule has 1 unspecified atom stereocenters. The second-order valence-electron chi connectivity index (χ2n) is 4.82. The van der Waals surface area contributed by atoms with Crippen molar-refractivity contribution in [3.05, 3.63) is 18.3 Å². The van der Waals surface area contributed by atoms with Crippen molar-refractivity contribution in [3.63, 3.8) is 0 Å². The van der Waals surface area contributed by atoms with Gasteiger partial charge in [0.15, 0.2) is 5.82 Å². The first-order valence-corrected chi connectivity index (χ1v) is 6.18. The number of anilines is 1. The van der Waals surface area contributed by atoms with Crippen molar-refractivity contribution in [1.29, 1.82) is 0 Å². The molecule has 2 aliphatic rings. The van der Waals surface area contributed by atoms with Crippen LogP contribution in [0.1, 0.15) is 19.3 Å². The third kappa shape index (κ3) is 2.16. The number of hydrogen-bond acceptors (Lipinski definition) is 4. The summed E-state index contributed by atoms with van der Waals surface area (Å²) in [4.78, 5) is 2.45. The lowest BCUT2D eigenvalue weighted by Gasteiger charge is -2.25. The van der Waals surface area contributed by atoms with E-state index in [0.29, 0.717) is 0 Å². The molecule has 2 heterocycles. The maximum atomic E-state index is 4.24. The fourth-order valence-electron chi connectivity index (χ4n) is 2.41. The molecule has 3 rings (SSSR count). The average molecular weight is 218 g/mol. The van der Waals surface area contributed by atoms with Gasteiger partial charge in [-0.15, -0.1) is 5.10 Å². The number of aromatic nitrogens is 2. The fourth-order valence-corrected chi connectivity index (χ4v) is 2.41. The molecule has 0 bridgehead atoms. The molecule has 0 radical (unpaired) electrons. The smallest absolute Gasteiger partial charge is 0.151 e. The largest absolute Gasteiger partial charge is 0.352 e. The van der Waals surface area contributed by atoms with Crippen LogP contribution < -0.4 is 10.2 Å². The number of rotatable bonds is 4. The van der Waals surface area contributed by atoms with Crippen molar-refractivity contribution >= 4 is 5.82 Å². The van der Waals surface area contributed by atoms with Crippen molar-refractivity contribution in [2.24, 2.45) is 5.92 Å². The first-order chi connectivity index (χ1) is 7.93. The maximum Gasteiger partial charge on any atom is 0.151 e. The fraction of sp³-hybridized carbons (Fsp3) is 0.667. The second kappa shape index (κ2) is 4.37. The minimum absolute atomic E-state index is 0.720. The van der Waals surface area contributed by atoms with Gasteiger partial charge >= 0.3 is 0 Å². The molecule has 4 heteroatoms. The van der Waals surface area contributed by atoms with Crippen LogP contribution in [0, 0.1) is 5.92 Å². The summed E-state index contributed by atoms with van der Waals surface area (Å²) in [6.45, 7) is 3.46. The SMILES string of the molecule is c1cnnc(N(CC2CCNC2)C2CC2)c1. The molecule has 1 saturated carbocycles. The van der Waals surface area contributed by atoms with Crippen LogP contribution in [0.4, 0.5) is 5.82 Å². The van der Waals surface area contributed by atoms with E-state index >= 15 is 0 Å². The van der Waals surface area contributed by atoms with E-state index in [-0.39, 0.29) is 0 Å². The van der Waals surface area contributed by atoms with Crippen LogP contribution in [-0.4, -0.2) is 35.9 Å². The Morgan fingerprint density at radius 1 is 1.38 bits per heavy atom. The topological polar surface area (TPSA) is 41.1 Å². The highest BCUT2D eigenvalue weighted by Gasteiger charge is 2.32. The average Bonchev–Trinajstić information content (AvgIpc) is 3.05. The van der Waals surface area contributed by atoms with Gasteiger partial charge in [0.1, 0.15) is 0 Å². The molecule has 1 aromatic heterocycles. The summed E-state index contributed by atoms with van der Waals surface area (Å²) in [5.41, 5.74) is 0. The Morgan fingerprint density at radius 3 is 2.94 bits per heavy atom. The molecule has 0 amide bonds. The number of nitrogens with one attached hydrogen (secondary N) is 1. The normalized spacial score (nSPS) is 24.6. The van der Waals surface area contributed by atoms with Gasteiger partial charge in [0.25, 0.3) is 0 Å². The van der Waals surface area contributed by atoms with Crippen LogP contribution >= 0.6 is 0 Å². The number of nitrogens with zero attached hydrogens (tertiary/aromatic N) is 3. The van der Waals surface area contributed by atoms with Gasteiger partial charge in [-0.05, 0) is 50.4 Å². The third-order valence-electron chi connectivity index (χ3n) is 3.46. The predicted octanol–water partition coefficient (Wildman–Crippen LogP) is 1.05. The zero-order valence-corrected chi connectivity index (χ0v) is 9.47. The summed E-state index contributed by atoms with van der Waals surface area (Å²) in [6, 6.07) is 4.77. The molecule has 0 spiro atoms. The first kappa shape index (κ1) is 10.0. The van der Waals surface area contributed by atoms with E-state index in [4.69, 9.17) is 0 Å². The van der Waals surface area contributed by atoms with Gasteiger partial charge in [0.2, 0.25) is 0 Å². The molecule has 1 aliphatic heterocycles. The summed E-state index contributed by atoms with van der Waals surface area (Å²) in [5, 5.41) is 11.6. The molecule has 16 heavy (non-hydrogen) atoms. The van der Waals surface area contributed by atoms with Gasteiger partial charge in [-0.1, -0.05) is 0 Å². The van der Waals surface area contributed by atoms with E-state index in [0.717, 1.165) is 30.9 Å². The van der Waals surface area contributed by atoms with Crippen molar-refractivity contribution < 1.29 is 0 Å². The zero-order valence-electron chi connectivity index (χ0n) is 9.47. The van der Waals surface area contributed by atoms with E-state index in [1.54, 1.807) is 6.20 Å².